The summed E-state index contributed by atoms with van der Waals surface area (Å²) < 4.78 is 26.6. The van der Waals surface area contributed by atoms with Gasteiger partial charge in [-0.2, -0.15) is 9.57 Å². The van der Waals surface area contributed by atoms with Crippen molar-refractivity contribution in [2.45, 2.75) is 45.1 Å². The van der Waals surface area contributed by atoms with Gasteiger partial charge in [-0.15, -0.1) is 0 Å². The van der Waals surface area contributed by atoms with Gasteiger partial charge in [-0.3, -0.25) is 0 Å². The van der Waals surface area contributed by atoms with E-state index < -0.39 is 10.0 Å². The minimum Gasteiger partial charge on any atom is -0.207 e. The summed E-state index contributed by atoms with van der Waals surface area (Å²) in [6.45, 7) is 7.89. The second kappa shape index (κ2) is 6.18. The number of nitrogens with zero attached hydrogens (tertiary/aromatic N) is 2. The highest BCUT2D eigenvalue weighted by Gasteiger charge is 2.27. The summed E-state index contributed by atoms with van der Waals surface area (Å²) in [6, 6.07) is 6.64. The topological polar surface area (TPSA) is 61.2 Å². The Morgan fingerprint density at radius 2 is 2.00 bits per heavy atom. The maximum absolute atomic E-state index is 12.6. The summed E-state index contributed by atoms with van der Waals surface area (Å²) >= 11 is 0. The third kappa shape index (κ3) is 3.14. The highest BCUT2D eigenvalue weighted by molar-refractivity contribution is 7.89. The van der Waals surface area contributed by atoms with Gasteiger partial charge in [-0.25, -0.2) is 8.42 Å². The normalized spacial score (nSPS) is 13.3. The van der Waals surface area contributed by atoms with Crippen LogP contribution in [0.25, 0.3) is 0 Å². The smallest absolute Gasteiger partial charge is 0.207 e. The second-order valence-electron chi connectivity index (χ2n) is 4.55. The fourth-order valence-electron chi connectivity index (χ4n) is 1.98. The van der Waals surface area contributed by atoms with Gasteiger partial charge in [-0.1, -0.05) is 13.8 Å². The first-order chi connectivity index (χ1) is 8.88. The summed E-state index contributed by atoms with van der Waals surface area (Å²) in [4.78, 5) is 0.256. The van der Waals surface area contributed by atoms with Crippen molar-refractivity contribution in [2.24, 2.45) is 0 Å². The summed E-state index contributed by atoms with van der Waals surface area (Å²) in [7, 11) is -3.49. The van der Waals surface area contributed by atoms with Crippen molar-refractivity contribution in [1.82, 2.24) is 4.31 Å². The molecule has 1 unspecified atom stereocenters. The van der Waals surface area contributed by atoms with Gasteiger partial charge in [-0.05, 0) is 44.0 Å². The van der Waals surface area contributed by atoms with E-state index >= 15 is 0 Å². The standard InChI is InChI=1S/C14H20N2O2S/c1-5-12(4)16(6-2)19(17,18)14-8-7-13(10-15)11(3)9-14/h7-9,12H,5-6H2,1-4H3. The largest absolute Gasteiger partial charge is 0.243 e. The van der Waals surface area contributed by atoms with Crippen LogP contribution >= 0.6 is 0 Å². The van der Waals surface area contributed by atoms with Gasteiger partial charge in [0, 0.05) is 12.6 Å². The SMILES string of the molecule is CCC(C)N(CC)S(=O)(=O)c1ccc(C#N)c(C)c1. The van der Waals surface area contributed by atoms with Crippen LogP contribution in [0.3, 0.4) is 0 Å². The van der Waals surface area contributed by atoms with E-state index in [4.69, 9.17) is 5.26 Å². The Kier molecular flexibility index (Phi) is 5.10. The Balaban J connectivity index is 3.27. The minimum atomic E-state index is -3.49. The zero-order valence-electron chi connectivity index (χ0n) is 11.8. The van der Waals surface area contributed by atoms with E-state index in [0.717, 1.165) is 6.42 Å². The molecule has 1 aromatic carbocycles. The van der Waals surface area contributed by atoms with Crippen LogP contribution in [0.5, 0.6) is 0 Å². The van der Waals surface area contributed by atoms with Crippen molar-refractivity contribution >= 4 is 10.0 Å². The summed E-state index contributed by atoms with van der Waals surface area (Å²) in [5.41, 5.74) is 1.19. The lowest BCUT2D eigenvalue weighted by atomic mass is 10.1. The molecule has 0 saturated heterocycles. The molecular weight excluding hydrogens is 260 g/mol. The molecule has 0 aliphatic rings. The van der Waals surface area contributed by atoms with E-state index in [0.29, 0.717) is 17.7 Å². The lowest BCUT2D eigenvalue weighted by molar-refractivity contribution is 0.342. The maximum atomic E-state index is 12.6. The molecule has 19 heavy (non-hydrogen) atoms. The number of aryl methyl sites for hydroxylation is 1. The molecular formula is C14H20N2O2S. The number of sulfonamides is 1. The molecule has 1 aromatic rings. The maximum Gasteiger partial charge on any atom is 0.243 e. The Hall–Kier alpha value is -1.38. The molecule has 0 aliphatic heterocycles. The number of nitriles is 1. The number of rotatable bonds is 5. The highest BCUT2D eigenvalue weighted by atomic mass is 32.2. The van der Waals surface area contributed by atoms with Gasteiger partial charge in [0.2, 0.25) is 10.0 Å². The molecule has 0 heterocycles. The third-order valence-corrected chi connectivity index (χ3v) is 5.40. The van der Waals surface area contributed by atoms with Crippen molar-refractivity contribution in [3.63, 3.8) is 0 Å². The van der Waals surface area contributed by atoms with Crippen LogP contribution in [0.1, 0.15) is 38.3 Å². The van der Waals surface area contributed by atoms with Gasteiger partial charge in [0.05, 0.1) is 16.5 Å². The van der Waals surface area contributed by atoms with E-state index in [1.807, 2.05) is 26.8 Å². The van der Waals surface area contributed by atoms with Gasteiger partial charge >= 0.3 is 0 Å². The second-order valence-corrected chi connectivity index (χ2v) is 6.44. The Bertz CT molecular complexity index is 588. The molecule has 0 radical (unpaired) electrons. The highest BCUT2D eigenvalue weighted by Crippen LogP contribution is 2.21. The Morgan fingerprint density at radius 1 is 1.37 bits per heavy atom. The average molecular weight is 280 g/mol. The zero-order chi connectivity index (χ0) is 14.6. The Labute approximate surface area is 115 Å². The minimum absolute atomic E-state index is 0.0362. The van der Waals surface area contributed by atoms with Crippen molar-refractivity contribution < 1.29 is 8.42 Å². The summed E-state index contributed by atoms with van der Waals surface area (Å²) in [5, 5.41) is 8.88. The lowest BCUT2D eigenvalue weighted by Gasteiger charge is -2.26. The molecule has 4 nitrogen and oxygen atoms in total. The van der Waals surface area contributed by atoms with Gasteiger partial charge in [0.25, 0.3) is 0 Å². The fourth-order valence-corrected chi connectivity index (χ4v) is 3.78. The first-order valence-electron chi connectivity index (χ1n) is 6.41. The van der Waals surface area contributed by atoms with Gasteiger partial charge in [0.15, 0.2) is 0 Å². The van der Waals surface area contributed by atoms with Gasteiger partial charge in [0.1, 0.15) is 0 Å². The van der Waals surface area contributed by atoms with E-state index in [1.165, 1.54) is 10.4 Å². The Morgan fingerprint density at radius 3 is 2.42 bits per heavy atom. The van der Waals surface area contributed by atoms with Crippen LogP contribution in [-0.2, 0) is 10.0 Å². The van der Waals surface area contributed by atoms with Crippen LogP contribution in [0, 0.1) is 18.3 Å². The summed E-state index contributed by atoms with van der Waals surface area (Å²) in [5.74, 6) is 0. The zero-order valence-corrected chi connectivity index (χ0v) is 12.7. The van der Waals surface area contributed by atoms with E-state index in [-0.39, 0.29) is 10.9 Å². The van der Waals surface area contributed by atoms with Crippen LogP contribution in [-0.4, -0.2) is 25.3 Å². The number of hydrogen-bond donors (Lipinski definition) is 0. The molecule has 0 fully saturated rings. The van der Waals surface area contributed by atoms with Crippen molar-refractivity contribution in [3.8, 4) is 6.07 Å². The molecule has 104 valence electrons. The molecule has 1 rings (SSSR count). The van der Waals surface area contributed by atoms with Crippen molar-refractivity contribution in [1.29, 1.82) is 5.26 Å². The fraction of sp³-hybridized carbons (Fsp3) is 0.500. The molecule has 0 aliphatic carbocycles. The lowest BCUT2D eigenvalue weighted by Crippen LogP contribution is -2.38. The quantitative estimate of drug-likeness (QED) is 0.833. The summed E-state index contributed by atoms with van der Waals surface area (Å²) in [6.07, 6.45) is 0.766. The average Bonchev–Trinajstić information content (AvgIpc) is 2.38. The first-order valence-corrected chi connectivity index (χ1v) is 7.85. The van der Waals surface area contributed by atoms with Crippen LogP contribution in [0.15, 0.2) is 23.1 Å². The number of hydrogen-bond acceptors (Lipinski definition) is 3. The van der Waals surface area contributed by atoms with Crippen molar-refractivity contribution in [3.05, 3.63) is 29.3 Å². The van der Waals surface area contributed by atoms with Crippen LogP contribution in [0.2, 0.25) is 0 Å². The first kappa shape index (κ1) is 15.7. The molecule has 5 heteroatoms. The van der Waals surface area contributed by atoms with Gasteiger partial charge < -0.3 is 0 Å². The van der Waals surface area contributed by atoms with Crippen LogP contribution < -0.4 is 0 Å². The number of benzene rings is 1. The van der Waals surface area contributed by atoms with E-state index in [9.17, 15) is 8.42 Å². The predicted molar refractivity (Wildman–Crippen MR) is 75.2 cm³/mol. The van der Waals surface area contributed by atoms with Crippen molar-refractivity contribution in [2.75, 3.05) is 6.54 Å². The predicted octanol–water partition coefficient (Wildman–Crippen LogP) is 2.68. The molecule has 0 aromatic heterocycles. The third-order valence-electron chi connectivity index (χ3n) is 3.32. The van der Waals surface area contributed by atoms with E-state index in [1.54, 1.807) is 19.1 Å². The molecule has 0 saturated carbocycles. The van der Waals surface area contributed by atoms with E-state index in [2.05, 4.69) is 0 Å². The molecule has 0 bridgehead atoms. The van der Waals surface area contributed by atoms with Crippen LogP contribution in [0.4, 0.5) is 0 Å². The molecule has 0 spiro atoms. The monoisotopic (exact) mass is 280 g/mol. The molecule has 1 atom stereocenters. The molecule has 0 N–H and O–H groups in total. The molecule has 0 amide bonds.